The maximum atomic E-state index is 12.9. The third kappa shape index (κ3) is 4.06. The molecule has 0 radical (unpaired) electrons. The number of aryl methyl sites for hydroxylation is 2. The maximum absolute atomic E-state index is 12.9. The molecule has 3 heterocycles. The summed E-state index contributed by atoms with van der Waals surface area (Å²) >= 11 is 1.65. The molecule has 3 aromatic heterocycles. The van der Waals surface area contributed by atoms with Crippen LogP contribution in [-0.4, -0.2) is 37.9 Å². The van der Waals surface area contributed by atoms with Crippen molar-refractivity contribution in [3.63, 3.8) is 0 Å². The fourth-order valence-corrected chi connectivity index (χ4v) is 5.38. The van der Waals surface area contributed by atoms with Gasteiger partial charge in [-0.05, 0) is 66.8 Å². The van der Waals surface area contributed by atoms with Crippen molar-refractivity contribution in [2.24, 2.45) is 7.05 Å². The molecule has 5 rings (SSSR count). The largest absolute Gasteiger partial charge is 0.391 e. The fraction of sp³-hybridized carbons (Fsp3) is 0.320. The number of nitrogens with one attached hydrogen (secondary N) is 1. The average Bonchev–Trinajstić information content (AvgIpc) is 3.49. The molecule has 32 heavy (non-hydrogen) atoms. The lowest BCUT2D eigenvalue weighted by Crippen LogP contribution is -2.40. The maximum Gasteiger partial charge on any atom is 0.270 e. The van der Waals surface area contributed by atoms with Gasteiger partial charge in [-0.2, -0.15) is 5.10 Å². The van der Waals surface area contributed by atoms with E-state index in [0.29, 0.717) is 5.69 Å². The van der Waals surface area contributed by atoms with E-state index >= 15 is 0 Å². The van der Waals surface area contributed by atoms with Crippen molar-refractivity contribution in [1.82, 2.24) is 20.1 Å². The Morgan fingerprint density at radius 1 is 1.25 bits per heavy atom. The summed E-state index contributed by atoms with van der Waals surface area (Å²) < 4.78 is 2.94. The summed E-state index contributed by atoms with van der Waals surface area (Å²) in [6.45, 7) is 2.02. The number of aliphatic hydroxyl groups excluding tert-OH is 1. The van der Waals surface area contributed by atoms with E-state index in [4.69, 9.17) is 0 Å². The van der Waals surface area contributed by atoms with Crippen molar-refractivity contribution < 1.29 is 9.90 Å². The fourth-order valence-electron chi connectivity index (χ4n) is 4.53. The minimum Gasteiger partial charge on any atom is -0.391 e. The van der Waals surface area contributed by atoms with E-state index in [2.05, 4.69) is 39.7 Å². The summed E-state index contributed by atoms with van der Waals surface area (Å²) in [7, 11) is 1.93. The molecule has 1 aliphatic rings. The van der Waals surface area contributed by atoms with Gasteiger partial charge in [0.1, 0.15) is 5.69 Å². The van der Waals surface area contributed by atoms with Gasteiger partial charge in [-0.3, -0.25) is 9.48 Å². The highest BCUT2D eigenvalue weighted by Crippen LogP contribution is 2.28. The Bertz CT molecular complexity index is 1280. The zero-order valence-corrected chi connectivity index (χ0v) is 19.0. The van der Waals surface area contributed by atoms with Crippen molar-refractivity contribution >= 4 is 27.5 Å². The molecule has 0 unspecified atom stereocenters. The van der Waals surface area contributed by atoms with Gasteiger partial charge in [0.25, 0.3) is 5.91 Å². The summed E-state index contributed by atoms with van der Waals surface area (Å²) in [6, 6.07) is 12.2. The second-order valence-corrected chi connectivity index (χ2v) is 9.47. The number of aromatic nitrogens is 3. The number of rotatable bonds is 5. The average molecular weight is 447 g/mol. The Morgan fingerprint density at radius 2 is 2.06 bits per heavy atom. The summed E-state index contributed by atoms with van der Waals surface area (Å²) in [4.78, 5) is 17.4. The number of carbonyl (C=O) groups excluding carboxylic acids is 1. The van der Waals surface area contributed by atoms with E-state index in [-0.39, 0.29) is 11.9 Å². The van der Waals surface area contributed by atoms with Crippen LogP contribution in [0.2, 0.25) is 0 Å². The lowest BCUT2D eigenvalue weighted by atomic mass is 10.0. The van der Waals surface area contributed by atoms with Crippen molar-refractivity contribution in [3.05, 3.63) is 70.5 Å². The van der Waals surface area contributed by atoms with Crippen molar-refractivity contribution in [2.75, 3.05) is 0 Å². The monoisotopic (exact) mass is 446 g/mol. The van der Waals surface area contributed by atoms with Gasteiger partial charge in [-0.25, -0.2) is 4.98 Å². The molecule has 0 bridgehead atoms. The van der Waals surface area contributed by atoms with Crippen LogP contribution in [0.1, 0.15) is 46.6 Å². The third-order valence-electron chi connectivity index (χ3n) is 6.19. The van der Waals surface area contributed by atoms with Gasteiger partial charge in [0.05, 0.1) is 28.1 Å². The first kappa shape index (κ1) is 20.8. The van der Waals surface area contributed by atoms with Crippen LogP contribution in [0.15, 0.2) is 48.0 Å². The first-order valence-corrected chi connectivity index (χ1v) is 11.8. The summed E-state index contributed by atoms with van der Waals surface area (Å²) in [5, 5.41) is 19.5. The highest BCUT2D eigenvalue weighted by Gasteiger charge is 2.27. The first-order valence-electron chi connectivity index (χ1n) is 10.9. The number of fused-ring (bicyclic) bond motifs is 1. The Hall–Kier alpha value is -3.03. The molecule has 1 fully saturated rings. The molecule has 164 valence electrons. The smallest absolute Gasteiger partial charge is 0.270 e. The topological polar surface area (TPSA) is 80.0 Å². The highest BCUT2D eigenvalue weighted by atomic mass is 32.1. The molecule has 0 spiro atoms. The summed E-state index contributed by atoms with van der Waals surface area (Å²) in [5.41, 5.74) is 6.81. The van der Waals surface area contributed by atoms with E-state index in [0.717, 1.165) is 58.3 Å². The van der Waals surface area contributed by atoms with Gasteiger partial charge >= 0.3 is 0 Å². The van der Waals surface area contributed by atoms with E-state index in [9.17, 15) is 9.90 Å². The predicted molar refractivity (Wildman–Crippen MR) is 127 cm³/mol. The third-order valence-corrected chi connectivity index (χ3v) is 7.17. The van der Waals surface area contributed by atoms with Crippen LogP contribution in [0.5, 0.6) is 0 Å². The number of amides is 1. The molecule has 2 atom stereocenters. The number of nitrogens with zero attached hydrogens (tertiary/aromatic N) is 3. The molecule has 0 aliphatic heterocycles. The lowest BCUT2D eigenvalue weighted by Gasteiger charge is -2.16. The van der Waals surface area contributed by atoms with Crippen molar-refractivity contribution in [2.45, 2.75) is 44.8 Å². The van der Waals surface area contributed by atoms with Gasteiger partial charge in [0.2, 0.25) is 0 Å². The molecule has 0 saturated heterocycles. The highest BCUT2D eigenvalue weighted by molar-refractivity contribution is 7.17. The van der Waals surface area contributed by atoms with Gasteiger partial charge in [0.15, 0.2) is 0 Å². The Labute approximate surface area is 190 Å². The minimum atomic E-state index is -0.467. The lowest BCUT2D eigenvalue weighted by molar-refractivity contribution is 0.0868. The minimum absolute atomic E-state index is 0.186. The number of aliphatic hydroxyl groups is 1. The molecule has 4 aromatic rings. The summed E-state index contributed by atoms with van der Waals surface area (Å²) in [5.74, 6) is -0.215. The number of pyridine rings is 1. The van der Waals surface area contributed by atoms with Crippen molar-refractivity contribution in [1.29, 1.82) is 0 Å². The molecule has 6 nitrogen and oxygen atoms in total. The number of thiophene rings is 1. The molecule has 1 amide bonds. The summed E-state index contributed by atoms with van der Waals surface area (Å²) in [6.07, 6.45) is 4.77. The van der Waals surface area contributed by atoms with Crippen LogP contribution >= 0.6 is 11.3 Å². The van der Waals surface area contributed by atoms with Crippen LogP contribution in [0.4, 0.5) is 0 Å². The molecule has 2 N–H and O–H groups in total. The number of hydrogen-bond donors (Lipinski definition) is 2. The number of hydrogen-bond acceptors (Lipinski definition) is 5. The standard InChI is InChI=1S/C25H26N4O2S/c1-15-19(14-29(2)28-15)17-8-6-16(7-9-17)12-18-13-22(26-21-10-11-32-24(18)21)25(31)27-20-4-3-5-23(20)30/h6-11,13-14,20,23,30H,3-5,12H2,1-2H3,(H,27,31)/t20-,23-/m0/s1. The predicted octanol–water partition coefficient (Wildman–Crippen LogP) is 4.24. The second-order valence-electron chi connectivity index (χ2n) is 8.56. The molecule has 1 aliphatic carbocycles. The van der Waals surface area contributed by atoms with Gasteiger partial charge in [-0.15, -0.1) is 11.3 Å². The Kier molecular flexibility index (Phi) is 5.53. The molecular weight excluding hydrogens is 420 g/mol. The molecule has 7 heteroatoms. The number of benzene rings is 1. The van der Waals surface area contributed by atoms with Crippen LogP contribution in [0.25, 0.3) is 21.3 Å². The van der Waals surface area contributed by atoms with Crippen LogP contribution in [0, 0.1) is 6.92 Å². The van der Waals surface area contributed by atoms with E-state index in [1.54, 1.807) is 11.3 Å². The SMILES string of the molecule is Cc1nn(C)cc1-c1ccc(Cc2cc(C(=O)N[C@H]3CCC[C@@H]3O)nc3ccsc23)cc1. The Morgan fingerprint density at radius 3 is 2.75 bits per heavy atom. The van der Waals surface area contributed by atoms with Crippen molar-refractivity contribution in [3.8, 4) is 11.1 Å². The van der Waals surface area contributed by atoms with Crippen LogP contribution in [-0.2, 0) is 13.5 Å². The van der Waals surface area contributed by atoms with Crippen LogP contribution in [0.3, 0.4) is 0 Å². The van der Waals surface area contributed by atoms with E-state index in [1.807, 2.05) is 42.4 Å². The first-order chi connectivity index (χ1) is 15.5. The van der Waals surface area contributed by atoms with Gasteiger partial charge in [0, 0.05) is 18.8 Å². The second kappa shape index (κ2) is 8.48. The molecular formula is C25H26N4O2S. The Balaban J connectivity index is 1.40. The van der Waals surface area contributed by atoms with E-state index in [1.165, 1.54) is 5.56 Å². The zero-order valence-electron chi connectivity index (χ0n) is 18.2. The number of carbonyl (C=O) groups is 1. The van der Waals surface area contributed by atoms with Gasteiger partial charge in [-0.1, -0.05) is 24.3 Å². The van der Waals surface area contributed by atoms with Gasteiger partial charge < -0.3 is 10.4 Å². The normalized spacial score (nSPS) is 18.3. The molecule has 1 saturated carbocycles. The van der Waals surface area contributed by atoms with E-state index < -0.39 is 6.10 Å². The molecule has 1 aromatic carbocycles. The van der Waals surface area contributed by atoms with Crippen LogP contribution < -0.4 is 5.32 Å². The quantitative estimate of drug-likeness (QED) is 0.481. The zero-order chi connectivity index (χ0) is 22.2.